The third-order valence-corrected chi connectivity index (χ3v) is 10.5. The number of carbonyl (C=O) groups excluding carboxylic acids is 1. The summed E-state index contributed by atoms with van der Waals surface area (Å²) in [6, 6.07) is 10.4. The Morgan fingerprint density at radius 2 is 1.11 bits per heavy atom. The van der Waals surface area contributed by atoms with E-state index < -0.39 is 0 Å². The van der Waals surface area contributed by atoms with Gasteiger partial charge in [-0.3, -0.25) is 15.5 Å². The summed E-state index contributed by atoms with van der Waals surface area (Å²) in [6.45, 7) is 15.2. The molecule has 0 saturated heterocycles. The van der Waals surface area contributed by atoms with Crippen molar-refractivity contribution in [2.45, 2.75) is 26.3 Å². The van der Waals surface area contributed by atoms with E-state index in [1.165, 1.54) is 0 Å². The molecular formula is C49H79N8O13+. The van der Waals surface area contributed by atoms with Gasteiger partial charge in [0.2, 0.25) is 5.91 Å². The number of aromatic amines is 1. The van der Waals surface area contributed by atoms with E-state index in [-0.39, 0.29) is 18.2 Å². The number of nitrogens with two attached hydrogens (primary N) is 2. The first-order valence-corrected chi connectivity index (χ1v) is 24.3. The van der Waals surface area contributed by atoms with Crippen molar-refractivity contribution >= 4 is 28.5 Å². The van der Waals surface area contributed by atoms with Crippen LogP contribution in [0.1, 0.15) is 28.7 Å². The molecule has 8 N–H and O–H groups in total. The van der Waals surface area contributed by atoms with Crippen molar-refractivity contribution < 1.29 is 66.2 Å². The van der Waals surface area contributed by atoms with Crippen LogP contribution >= 0.6 is 0 Å². The molecule has 1 aliphatic rings. The molecule has 0 radical (unpaired) electrons. The van der Waals surface area contributed by atoms with E-state index >= 15 is 0 Å². The van der Waals surface area contributed by atoms with E-state index in [1.807, 2.05) is 19.3 Å². The highest BCUT2D eigenvalue weighted by Gasteiger charge is 2.39. The Morgan fingerprint density at radius 3 is 1.56 bits per heavy atom. The number of nitrogens with zero attached hydrogens (tertiary/aromatic N) is 2. The smallest absolute Gasteiger partial charge is 0.290 e. The average Bonchev–Trinajstić information content (AvgIpc) is 3.83. The van der Waals surface area contributed by atoms with Gasteiger partial charge in [0.25, 0.3) is 5.82 Å². The summed E-state index contributed by atoms with van der Waals surface area (Å²) in [7, 11) is 1.83. The van der Waals surface area contributed by atoms with Crippen molar-refractivity contribution in [2.24, 2.45) is 11.5 Å². The van der Waals surface area contributed by atoms with E-state index in [0.29, 0.717) is 190 Å². The van der Waals surface area contributed by atoms with E-state index in [4.69, 9.17) is 73.7 Å². The molecule has 1 aromatic carbocycles. The fourth-order valence-corrected chi connectivity index (χ4v) is 6.95. The quantitative estimate of drug-likeness (QED) is 0.0203. The Kier molecular flexibility index (Phi) is 31.0. The molecule has 1 aliphatic heterocycles. The summed E-state index contributed by atoms with van der Waals surface area (Å²) >= 11 is 0. The van der Waals surface area contributed by atoms with Crippen LogP contribution < -0.4 is 22.1 Å². The maximum absolute atomic E-state index is 12.5. The molecule has 0 unspecified atom stereocenters. The zero-order chi connectivity index (χ0) is 49.7. The van der Waals surface area contributed by atoms with Crippen LogP contribution in [-0.2, 0) is 74.6 Å². The van der Waals surface area contributed by atoms with Crippen LogP contribution in [0.4, 0.5) is 0 Å². The molecule has 0 spiro atoms. The van der Waals surface area contributed by atoms with Gasteiger partial charge in [-0.1, -0.05) is 18.2 Å². The number of H-pyrrole nitrogens is 1. The van der Waals surface area contributed by atoms with Crippen LogP contribution in [0.25, 0.3) is 11.0 Å². The molecule has 4 rings (SSSR count). The number of hydrogen-bond donors (Lipinski definition) is 6. The zero-order valence-electron chi connectivity index (χ0n) is 41.4. The van der Waals surface area contributed by atoms with Crippen molar-refractivity contribution in [3.63, 3.8) is 0 Å². The second-order valence-electron chi connectivity index (χ2n) is 15.7. The van der Waals surface area contributed by atoms with Crippen LogP contribution in [0.2, 0.25) is 0 Å². The summed E-state index contributed by atoms with van der Waals surface area (Å²) in [6.07, 6.45) is 4.62. The average molecular weight is 988 g/mol. The SMILES string of the molecule is CNC1=C(C(=N)N)C(c2cnc3[nH]ccc3c2)=[N+]1Cc1ccc(C)c(CCNC(=O)CCOCCOCCOCCOCCOCCOCCOCCOCCOCCOCCOCCOCCN)c1. The van der Waals surface area contributed by atoms with Crippen molar-refractivity contribution in [1.29, 1.82) is 5.41 Å². The van der Waals surface area contributed by atoms with Gasteiger partial charge in [0.05, 0.1) is 166 Å². The highest BCUT2D eigenvalue weighted by molar-refractivity contribution is 6.29. The Labute approximate surface area is 412 Å². The maximum Gasteiger partial charge on any atom is 0.290 e. The minimum Gasteiger partial charge on any atom is -0.383 e. The molecule has 3 aromatic rings. The normalized spacial score (nSPS) is 12.6. The van der Waals surface area contributed by atoms with Gasteiger partial charge in [0.1, 0.15) is 18.0 Å². The molecule has 0 saturated carbocycles. The predicted molar refractivity (Wildman–Crippen MR) is 264 cm³/mol. The number of rotatable bonds is 46. The third kappa shape index (κ3) is 23.6. The van der Waals surface area contributed by atoms with Crippen molar-refractivity contribution in [2.75, 3.05) is 179 Å². The number of pyridine rings is 1. The highest BCUT2D eigenvalue weighted by Crippen LogP contribution is 2.26. The molecule has 0 atom stereocenters. The van der Waals surface area contributed by atoms with Gasteiger partial charge in [-0.2, -0.15) is 0 Å². The molecule has 0 aliphatic carbocycles. The van der Waals surface area contributed by atoms with Gasteiger partial charge in [-0.15, -0.1) is 0 Å². The number of ether oxygens (including phenoxy) is 12. The fraction of sp³-hybridized carbons (Fsp3) is 0.633. The van der Waals surface area contributed by atoms with Crippen LogP contribution in [0, 0.1) is 12.3 Å². The lowest BCUT2D eigenvalue weighted by Crippen LogP contribution is -2.44. The first-order valence-electron chi connectivity index (χ1n) is 24.3. The van der Waals surface area contributed by atoms with Gasteiger partial charge < -0.3 is 78.6 Å². The molecule has 21 heteroatoms. The second kappa shape index (κ2) is 37.3. The minimum atomic E-state index is -0.0621. The second-order valence-corrected chi connectivity index (χ2v) is 15.7. The van der Waals surface area contributed by atoms with E-state index in [1.54, 1.807) is 6.20 Å². The monoisotopic (exact) mass is 988 g/mol. The molecule has 0 fully saturated rings. The molecule has 3 heterocycles. The number of benzene rings is 1. The molecule has 21 nitrogen and oxygen atoms in total. The number of fused-ring (bicyclic) bond motifs is 1. The number of aromatic nitrogens is 2. The highest BCUT2D eigenvalue weighted by atomic mass is 16.6. The summed E-state index contributed by atoms with van der Waals surface area (Å²) in [5.74, 6) is 0.728. The fourth-order valence-electron chi connectivity index (χ4n) is 6.95. The minimum absolute atomic E-state index is 0.00178. The molecule has 392 valence electrons. The van der Waals surface area contributed by atoms with Crippen LogP contribution in [0.3, 0.4) is 0 Å². The molecule has 0 bridgehead atoms. The van der Waals surface area contributed by atoms with Gasteiger partial charge in [-0.05, 0) is 42.2 Å². The first kappa shape index (κ1) is 58.1. The van der Waals surface area contributed by atoms with Gasteiger partial charge in [0.15, 0.2) is 11.3 Å². The largest absolute Gasteiger partial charge is 0.383 e. The van der Waals surface area contributed by atoms with E-state index in [9.17, 15) is 4.79 Å². The number of amides is 1. The Balaban J connectivity index is 0.870. The lowest BCUT2D eigenvalue weighted by atomic mass is 9.95. The summed E-state index contributed by atoms with van der Waals surface area (Å²) in [5.41, 5.74) is 18.0. The number of amidine groups is 1. The van der Waals surface area contributed by atoms with E-state index in [0.717, 1.165) is 44.8 Å². The van der Waals surface area contributed by atoms with Crippen molar-refractivity contribution in [1.82, 2.24) is 20.6 Å². The van der Waals surface area contributed by atoms with Crippen LogP contribution in [-0.4, -0.2) is 211 Å². The number of nitrogens with one attached hydrogen (secondary N) is 4. The number of aryl methyl sites for hydroxylation is 1. The standard InChI is InChI=1S/C49H78N8O13/c1-39-3-4-40(38-57-46(45(47(51)52)49(57)53-2)43-36-42-6-10-55-48(42)56-37-43)35-41(39)5-9-54-44(58)7-11-59-13-15-61-17-19-63-21-23-65-25-27-67-29-31-69-33-34-70-32-30-68-28-26-66-24-22-64-20-18-62-16-14-60-12-8-50/h3-4,6,10,35-37H,5,7-9,11-34,38,50H2,1-2H3,(H5,51,52,53,54,55,56,58)/p+1. The topological polar surface area (TPSA) is 259 Å². The summed E-state index contributed by atoms with van der Waals surface area (Å²) in [5, 5.41) is 15.5. The Bertz CT molecular complexity index is 1970. The van der Waals surface area contributed by atoms with Crippen molar-refractivity contribution in [3.05, 3.63) is 76.4 Å². The molecule has 2 aromatic heterocycles. The Hall–Kier alpha value is -4.46. The Morgan fingerprint density at radius 1 is 0.657 bits per heavy atom. The van der Waals surface area contributed by atoms with Gasteiger partial charge in [0, 0.05) is 42.9 Å². The van der Waals surface area contributed by atoms with Gasteiger partial charge in [-0.25, -0.2) is 9.56 Å². The van der Waals surface area contributed by atoms with E-state index in [2.05, 4.69) is 56.4 Å². The van der Waals surface area contributed by atoms with Crippen LogP contribution in [0.5, 0.6) is 0 Å². The lowest BCUT2D eigenvalue weighted by molar-refractivity contribution is -0.510. The van der Waals surface area contributed by atoms with Crippen molar-refractivity contribution in [3.8, 4) is 0 Å². The van der Waals surface area contributed by atoms with Gasteiger partial charge >= 0.3 is 0 Å². The number of hydrogen-bond acceptors (Lipinski definition) is 17. The maximum atomic E-state index is 12.5. The summed E-state index contributed by atoms with van der Waals surface area (Å²) < 4.78 is 67.9. The predicted octanol–water partition coefficient (Wildman–Crippen LogP) is 1.46. The number of carbonyl (C=O) groups is 1. The van der Waals surface area contributed by atoms with Crippen LogP contribution in [0.15, 0.2) is 54.1 Å². The summed E-state index contributed by atoms with van der Waals surface area (Å²) in [4.78, 5) is 20.2. The zero-order valence-corrected chi connectivity index (χ0v) is 41.4. The first-order chi connectivity index (χ1) is 34.4. The molecule has 70 heavy (non-hydrogen) atoms. The third-order valence-electron chi connectivity index (χ3n) is 10.5. The molecule has 1 amide bonds. The molecular weight excluding hydrogens is 909 g/mol. The lowest BCUT2D eigenvalue weighted by Gasteiger charge is -2.26.